The summed E-state index contributed by atoms with van der Waals surface area (Å²) in [5, 5.41) is 31.5. The van der Waals surface area contributed by atoms with Gasteiger partial charge in [0.15, 0.2) is 0 Å². The maximum atomic E-state index is 11.0. The fourth-order valence-electron chi connectivity index (χ4n) is 1.24. The summed E-state index contributed by atoms with van der Waals surface area (Å²) in [5.74, 6) is 0.381. The van der Waals surface area contributed by atoms with Crippen molar-refractivity contribution in [3.8, 4) is 17.9 Å². The molecule has 0 spiro atoms. The second kappa shape index (κ2) is 7.07. The van der Waals surface area contributed by atoms with Crippen LogP contribution in [0.1, 0.15) is 6.92 Å². The van der Waals surface area contributed by atoms with Gasteiger partial charge in [-0.2, -0.15) is 15.6 Å². The second-order valence-corrected chi connectivity index (χ2v) is 4.14. The Bertz CT molecular complexity index is 629. The first-order chi connectivity index (χ1) is 9.53. The Balaban J connectivity index is 3.25. The van der Waals surface area contributed by atoms with Gasteiger partial charge in [0.25, 0.3) is 5.69 Å². The number of ether oxygens (including phenoxy) is 1. The molecule has 1 aromatic rings. The van der Waals surface area contributed by atoms with Crippen molar-refractivity contribution in [3.63, 3.8) is 0 Å². The number of nitriles is 2. The van der Waals surface area contributed by atoms with Crippen molar-refractivity contribution < 1.29 is 9.66 Å². The van der Waals surface area contributed by atoms with Crippen LogP contribution in [0.5, 0.6) is 5.75 Å². The molecule has 102 valence electrons. The van der Waals surface area contributed by atoms with E-state index in [0.29, 0.717) is 16.8 Å². The highest BCUT2D eigenvalue weighted by molar-refractivity contribution is 9.10. The van der Waals surface area contributed by atoms with Crippen LogP contribution in [0.3, 0.4) is 0 Å². The minimum atomic E-state index is -0.614. The molecule has 8 nitrogen and oxygen atoms in total. The van der Waals surface area contributed by atoms with Gasteiger partial charge >= 0.3 is 0 Å². The average molecular weight is 338 g/mol. The number of halogens is 1. The summed E-state index contributed by atoms with van der Waals surface area (Å²) in [6.07, 6.45) is 0. The van der Waals surface area contributed by atoms with Crippen LogP contribution in [0.25, 0.3) is 0 Å². The molecule has 0 fully saturated rings. The van der Waals surface area contributed by atoms with E-state index in [-0.39, 0.29) is 11.4 Å². The lowest BCUT2D eigenvalue weighted by molar-refractivity contribution is -0.384. The van der Waals surface area contributed by atoms with Gasteiger partial charge in [0, 0.05) is 12.1 Å². The minimum Gasteiger partial charge on any atom is -0.493 e. The molecule has 1 aromatic carbocycles. The molecule has 0 bridgehead atoms. The zero-order valence-corrected chi connectivity index (χ0v) is 11.8. The van der Waals surface area contributed by atoms with E-state index in [9.17, 15) is 10.1 Å². The van der Waals surface area contributed by atoms with Crippen LogP contribution >= 0.6 is 15.9 Å². The Hall–Kier alpha value is -2.65. The Kier molecular flexibility index (Phi) is 5.44. The van der Waals surface area contributed by atoms with Gasteiger partial charge in [-0.3, -0.25) is 15.5 Å². The predicted octanol–water partition coefficient (Wildman–Crippen LogP) is 2.57. The van der Waals surface area contributed by atoms with Crippen LogP contribution in [0.15, 0.2) is 21.7 Å². The van der Waals surface area contributed by atoms with Crippen LogP contribution in [0, 0.1) is 32.8 Å². The number of anilines is 1. The summed E-state index contributed by atoms with van der Waals surface area (Å²) in [6, 6.07) is 5.69. The quantitative estimate of drug-likeness (QED) is 0.500. The van der Waals surface area contributed by atoms with Gasteiger partial charge in [-0.05, 0) is 22.9 Å². The summed E-state index contributed by atoms with van der Waals surface area (Å²) in [6.45, 7) is 2.14. The lowest BCUT2D eigenvalue weighted by Crippen LogP contribution is -2.02. The predicted molar refractivity (Wildman–Crippen MR) is 74.2 cm³/mol. The molecule has 0 aliphatic rings. The first-order valence-electron chi connectivity index (χ1n) is 5.28. The molecule has 20 heavy (non-hydrogen) atoms. The van der Waals surface area contributed by atoms with E-state index >= 15 is 0 Å². The summed E-state index contributed by atoms with van der Waals surface area (Å²) < 4.78 is 5.70. The molecule has 9 heteroatoms. The molecule has 0 atom stereocenters. The first kappa shape index (κ1) is 15.4. The van der Waals surface area contributed by atoms with Gasteiger partial charge < -0.3 is 4.74 Å². The molecule has 0 amide bonds. The molecular formula is C11H8BrN5O3. The zero-order chi connectivity index (χ0) is 15.1. The summed E-state index contributed by atoms with van der Waals surface area (Å²) in [4.78, 5) is 10.3. The van der Waals surface area contributed by atoms with Crippen molar-refractivity contribution in [1.29, 1.82) is 10.5 Å². The number of hydrazone groups is 1. The number of nitrogens with one attached hydrogen (secondary N) is 1. The fourth-order valence-corrected chi connectivity index (χ4v) is 1.69. The summed E-state index contributed by atoms with van der Waals surface area (Å²) >= 11 is 3.16. The SMILES string of the molecule is CCOc1cc(NN=C(C#N)C#N)c([N+](=O)[O-])cc1Br. The van der Waals surface area contributed by atoms with Gasteiger partial charge in [0.2, 0.25) is 5.71 Å². The topological polar surface area (TPSA) is 124 Å². The van der Waals surface area contributed by atoms with Crippen LogP contribution in [-0.4, -0.2) is 17.2 Å². The van der Waals surface area contributed by atoms with Gasteiger partial charge in [0.05, 0.1) is 16.0 Å². The summed E-state index contributed by atoms with van der Waals surface area (Å²) in [7, 11) is 0. The minimum absolute atomic E-state index is 0.0182. The Morgan fingerprint density at radius 2 is 2.20 bits per heavy atom. The zero-order valence-electron chi connectivity index (χ0n) is 10.3. The molecule has 0 aliphatic heterocycles. The van der Waals surface area contributed by atoms with E-state index in [0.717, 1.165) is 0 Å². The van der Waals surface area contributed by atoms with Crippen molar-refractivity contribution in [3.05, 3.63) is 26.7 Å². The lowest BCUT2D eigenvalue weighted by Gasteiger charge is -2.08. The van der Waals surface area contributed by atoms with E-state index in [4.69, 9.17) is 15.3 Å². The van der Waals surface area contributed by atoms with E-state index in [2.05, 4.69) is 26.5 Å². The van der Waals surface area contributed by atoms with E-state index < -0.39 is 10.6 Å². The number of hydrogen-bond acceptors (Lipinski definition) is 7. The molecule has 0 aromatic heterocycles. The standard InChI is InChI=1S/C11H8BrN5O3/c1-2-20-11-4-9(16-15-7(5-13)6-14)10(17(18)19)3-8(11)12/h3-4,16H,2H2,1H3. The highest BCUT2D eigenvalue weighted by Crippen LogP contribution is 2.36. The maximum Gasteiger partial charge on any atom is 0.295 e. The van der Waals surface area contributed by atoms with Crippen LogP contribution in [0.4, 0.5) is 11.4 Å². The molecule has 0 aliphatic carbocycles. The molecule has 1 rings (SSSR count). The van der Waals surface area contributed by atoms with Crippen LogP contribution < -0.4 is 10.2 Å². The number of benzene rings is 1. The number of nitrogens with zero attached hydrogens (tertiary/aromatic N) is 4. The number of rotatable bonds is 5. The Morgan fingerprint density at radius 3 is 2.70 bits per heavy atom. The molecule has 0 unspecified atom stereocenters. The monoisotopic (exact) mass is 337 g/mol. The molecule has 0 saturated carbocycles. The van der Waals surface area contributed by atoms with Gasteiger partial charge in [0.1, 0.15) is 23.6 Å². The highest BCUT2D eigenvalue weighted by atomic mass is 79.9. The van der Waals surface area contributed by atoms with E-state index in [1.165, 1.54) is 24.3 Å². The Morgan fingerprint density at radius 1 is 1.55 bits per heavy atom. The third kappa shape index (κ3) is 3.67. The molecule has 1 N–H and O–H groups in total. The fraction of sp³-hybridized carbons (Fsp3) is 0.182. The normalized spacial score (nSPS) is 9.00. The van der Waals surface area contributed by atoms with Crippen molar-refractivity contribution >= 4 is 33.0 Å². The number of hydrogen-bond donors (Lipinski definition) is 1. The highest BCUT2D eigenvalue weighted by Gasteiger charge is 2.18. The van der Waals surface area contributed by atoms with Gasteiger partial charge in [-0.15, -0.1) is 0 Å². The average Bonchev–Trinajstić information content (AvgIpc) is 2.42. The third-order valence-electron chi connectivity index (χ3n) is 2.05. The number of nitro benzene ring substituents is 1. The van der Waals surface area contributed by atoms with Gasteiger partial charge in [-0.1, -0.05) is 0 Å². The molecular weight excluding hydrogens is 330 g/mol. The van der Waals surface area contributed by atoms with Crippen LogP contribution in [0.2, 0.25) is 0 Å². The van der Waals surface area contributed by atoms with Gasteiger partial charge in [-0.25, -0.2) is 0 Å². The van der Waals surface area contributed by atoms with Crippen LogP contribution in [-0.2, 0) is 0 Å². The molecule has 0 saturated heterocycles. The lowest BCUT2D eigenvalue weighted by atomic mass is 10.2. The molecule has 0 radical (unpaired) electrons. The largest absolute Gasteiger partial charge is 0.493 e. The first-order valence-corrected chi connectivity index (χ1v) is 6.07. The van der Waals surface area contributed by atoms with E-state index in [1.54, 1.807) is 6.92 Å². The Labute approximate surface area is 122 Å². The van der Waals surface area contributed by atoms with E-state index in [1.807, 2.05) is 0 Å². The maximum absolute atomic E-state index is 11.0. The van der Waals surface area contributed by atoms with Crippen molar-refractivity contribution in [2.24, 2.45) is 5.10 Å². The molecule has 0 heterocycles. The van der Waals surface area contributed by atoms with Crippen molar-refractivity contribution in [1.82, 2.24) is 0 Å². The smallest absolute Gasteiger partial charge is 0.295 e. The number of nitro groups is 1. The third-order valence-corrected chi connectivity index (χ3v) is 2.67. The second-order valence-electron chi connectivity index (χ2n) is 3.29. The van der Waals surface area contributed by atoms with Crippen molar-refractivity contribution in [2.75, 3.05) is 12.0 Å². The summed E-state index contributed by atoms with van der Waals surface area (Å²) in [5.41, 5.74) is 1.63. The van der Waals surface area contributed by atoms with Crippen molar-refractivity contribution in [2.45, 2.75) is 6.92 Å².